The van der Waals surface area contributed by atoms with Crippen molar-refractivity contribution in [2.75, 3.05) is 38.2 Å². The van der Waals surface area contributed by atoms with Crippen LogP contribution in [0.1, 0.15) is 41.7 Å². The standard InChI is InChI=1S/C23H26N2O5/c1-2-28-23(27)17-6-3-4-7-18(17)24-22(26)15-25-11-5-8-19(25)16-9-10-20-21(14-16)30-13-12-29-20/h3-4,6-7,9-10,14,19H,2,5,8,11-13,15H2,1H3,(H,24,26)/p+1/t19-/m1/s1. The number of carbonyl (C=O) groups is 2. The second-order valence-corrected chi connectivity index (χ2v) is 7.50. The number of ether oxygens (including phenoxy) is 3. The summed E-state index contributed by atoms with van der Waals surface area (Å²) in [7, 11) is 0. The van der Waals surface area contributed by atoms with Crippen LogP contribution < -0.4 is 19.7 Å². The van der Waals surface area contributed by atoms with Crippen LogP contribution in [0.15, 0.2) is 42.5 Å². The lowest BCUT2D eigenvalue weighted by Gasteiger charge is -2.24. The smallest absolute Gasteiger partial charge is 0.340 e. The lowest BCUT2D eigenvalue weighted by atomic mass is 10.0. The number of esters is 1. The summed E-state index contributed by atoms with van der Waals surface area (Å²) in [5, 5.41) is 2.89. The van der Waals surface area contributed by atoms with Crippen molar-refractivity contribution in [1.82, 2.24) is 0 Å². The predicted molar refractivity (Wildman–Crippen MR) is 111 cm³/mol. The molecule has 158 valence electrons. The van der Waals surface area contributed by atoms with E-state index in [1.54, 1.807) is 31.2 Å². The molecule has 2 heterocycles. The van der Waals surface area contributed by atoms with Crippen LogP contribution in [-0.4, -0.2) is 44.8 Å². The van der Waals surface area contributed by atoms with E-state index in [-0.39, 0.29) is 18.6 Å². The third kappa shape index (κ3) is 4.41. The Labute approximate surface area is 175 Å². The van der Waals surface area contributed by atoms with Crippen molar-refractivity contribution < 1.29 is 28.7 Å². The van der Waals surface area contributed by atoms with Gasteiger partial charge >= 0.3 is 5.97 Å². The number of carbonyl (C=O) groups excluding carboxylic acids is 2. The molecule has 0 aliphatic carbocycles. The molecule has 1 unspecified atom stereocenters. The second kappa shape index (κ2) is 9.17. The van der Waals surface area contributed by atoms with Gasteiger partial charge in [0.1, 0.15) is 19.3 Å². The van der Waals surface area contributed by atoms with Crippen LogP contribution in [0.5, 0.6) is 11.5 Å². The molecule has 4 rings (SSSR count). The summed E-state index contributed by atoms with van der Waals surface area (Å²) in [5.74, 6) is 0.998. The first-order valence-electron chi connectivity index (χ1n) is 10.5. The zero-order valence-corrected chi connectivity index (χ0v) is 17.1. The molecule has 0 aromatic heterocycles. The Morgan fingerprint density at radius 2 is 1.93 bits per heavy atom. The van der Waals surface area contributed by atoms with Crippen LogP contribution in [-0.2, 0) is 9.53 Å². The maximum absolute atomic E-state index is 12.8. The van der Waals surface area contributed by atoms with Gasteiger partial charge in [0.15, 0.2) is 18.0 Å². The molecule has 0 radical (unpaired) electrons. The van der Waals surface area contributed by atoms with Gasteiger partial charge < -0.3 is 24.4 Å². The fraction of sp³-hybridized carbons (Fsp3) is 0.391. The van der Waals surface area contributed by atoms with Gasteiger partial charge in [-0.15, -0.1) is 0 Å². The first-order chi connectivity index (χ1) is 14.7. The number of para-hydroxylation sites is 1. The van der Waals surface area contributed by atoms with Crippen LogP contribution in [0.3, 0.4) is 0 Å². The molecule has 1 saturated heterocycles. The van der Waals surface area contributed by atoms with Gasteiger partial charge in [-0.05, 0) is 37.3 Å². The number of amides is 1. The van der Waals surface area contributed by atoms with Gasteiger partial charge in [-0.1, -0.05) is 12.1 Å². The zero-order valence-electron chi connectivity index (χ0n) is 17.1. The van der Waals surface area contributed by atoms with Crippen molar-refractivity contribution in [3.8, 4) is 11.5 Å². The maximum atomic E-state index is 12.8. The Bertz CT molecular complexity index is 930. The number of benzene rings is 2. The van der Waals surface area contributed by atoms with Gasteiger partial charge in [0.2, 0.25) is 0 Å². The molecule has 7 heteroatoms. The van der Waals surface area contributed by atoms with Crippen LogP contribution in [0.25, 0.3) is 0 Å². The summed E-state index contributed by atoms with van der Waals surface area (Å²) in [6, 6.07) is 13.2. The van der Waals surface area contributed by atoms with Gasteiger partial charge in [-0.2, -0.15) is 0 Å². The average Bonchev–Trinajstić information content (AvgIpc) is 3.22. The van der Waals surface area contributed by atoms with Gasteiger partial charge in [0, 0.05) is 18.4 Å². The topological polar surface area (TPSA) is 78.3 Å². The largest absolute Gasteiger partial charge is 0.486 e. The van der Waals surface area contributed by atoms with Crippen molar-refractivity contribution in [2.24, 2.45) is 0 Å². The minimum absolute atomic E-state index is 0.119. The lowest BCUT2D eigenvalue weighted by molar-refractivity contribution is -0.910. The van der Waals surface area contributed by atoms with E-state index in [9.17, 15) is 9.59 Å². The molecule has 0 spiro atoms. The molecular weight excluding hydrogens is 384 g/mol. The highest BCUT2D eigenvalue weighted by Gasteiger charge is 2.32. The second-order valence-electron chi connectivity index (χ2n) is 7.50. The average molecular weight is 411 g/mol. The molecule has 2 atom stereocenters. The molecule has 1 amide bonds. The minimum Gasteiger partial charge on any atom is -0.486 e. The SMILES string of the molecule is CCOC(=O)c1ccccc1NC(=O)C[NH+]1CCC[C@@H]1c1ccc2c(c1)OCCO2. The van der Waals surface area contributed by atoms with Gasteiger partial charge in [-0.25, -0.2) is 4.79 Å². The molecule has 2 N–H and O–H groups in total. The zero-order chi connectivity index (χ0) is 20.9. The van der Waals surface area contributed by atoms with E-state index >= 15 is 0 Å². The molecule has 1 fully saturated rings. The van der Waals surface area contributed by atoms with Gasteiger partial charge in [0.05, 0.1) is 24.4 Å². The molecule has 0 bridgehead atoms. The third-order valence-corrected chi connectivity index (χ3v) is 5.54. The molecule has 2 aromatic carbocycles. The van der Waals surface area contributed by atoms with Crippen LogP contribution in [0, 0.1) is 0 Å². The maximum Gasteiger partial charge on any atom is 0.340 e. The summed E-state index contributed by atoms with van der Waals surface area (Å²) in [6.07, 6.45) is 2.07. The van der Waals surface area contributed by atoms with E-state index in [2.05, 4.69) is 11.4 Å². The van der Waals surface area contributed by atoms with E-state index in [0.717, 1.165) is 36.4 Å². The Morgan fingerprint density at radius 1 is 1.13 bits per heavy atom. The summed E-state index contributed by atoms with van der Waals surface area (Å²) in [6.45, 7) is 4.42. The summed E-state index contributed by atoms with van der Waals surface area (Å²) in [4.78, 5) is 26.1. The number of nitrogens with one attached hydrogen (secondary N) is 2. The van der Waals surface area contributed by atoms with E-state index in [4.69, 9.17) is 14.2 Å². The molecule has 7 nitrogen and oxygen atoms in total. The molecule has 0 saturated carbocycles. The fourth-order valence-electron chi connectivity index (χ4n) is 4.18. The summed E-state index contributed by atoms with van der Waals surface area (Å²) < 4.78 is 16.4. The lowest BCUT2D eigenvalue weighted by Crippen LogP contribution is -3.11. The summed E-state index contributed by atoms with van der Waals surface area (Å²) >= 11 is 0. The fourth-order valence-corrected chi connectivity index (χ4v) is 4.18. The summed E-state index contributed by atoms with van der Waals surface area (Å²) in [5.41, 5.74) is 2.01. The minimum atomic E-state index is -0.434. The first-order valence-corrected chi connectivity index (χ1v) is 10.5. The number of quaternary nitrogens is 1. The molecule has 2 aliphatic rings. The van der Waals surface area contributed by atoms with Crippen LogP contribution in [0.4, 0.5) is 5.69 Å². The normalized spacial score (nSPS) is 19.9. The van der Waals surface area contributed by atoms with Crippen molar-refractivity contribution in [1.29, 1.82) is 0 Å². The molecule has 2 aliphatic heterocycles. The Kier molecular flexibility index (Phi) is 6.18. The Morgan fingerprint density at radius 3 is 2.77 bits per heavy atom. The number of anilines is 1. The van der Waals surface area contributed by atoms with Crippen LogP contribution >= 0.6 is 0 Å². The van der Waals surface area contributed by atoms with Crippen LogP contribution in [0.2, 0.25) is 0 Å². The van der Waals surface area contributed by atoms with Crippen molar-refractivity contribution in [3.05, 3.63) is 53.6 Å². The van der Waals surface area contributed by atoms with E-state index in [1.165, 1.54) is 4.90 Å². The highest BCUT2D eigenvalue weighted by molar-refractivity contribution is 6.01. The number of fused-ring (bicyclic) bond motifs is 1. The Balaban J connectivity index is 1.44. The van der Waals surface area contributed by atoms with Crippen molar-refractivity contribution >= 4 is 17.6 Å². The van der Waals surface area contributed by atoms with Crippen molar-refractivity contribution in [3.63, 3.8) is 0 Å². The van der Waals surface area contributed by atoms with Gasteiger partial charge in [-0.3, -0.25) is 4.79 Å². The monoisotopic (exact) mass is 411 g/mol. The van der Waals surface area contributed by atoms with Crippen molar-refractivity contribution in [2.45, 2.75) is 25.8 Å². The highest BCUT2D eigenvalue weighted by Crippen LogP contribution is 2.33. The molecule has 30 heavy (non-hydrogen) atoms. The van der Waals surface area contributed by atoms with Gasteiger partial charge in [0.25, 0.3) is 5.91 Å². The van der Waals surface area contributed by atoms with E-state index in [0.29, 0.717) is 31.0 Å². The number of hydrogen-bond donors (Lipinski definition) is 2. The number of hydrogen-bond acceptors (Lipinski definition) is 5. The molecule has 2 aromatic rings. The van der Waals surface area contributed by atoms with E-state index < -0.39 is 5.97 Å². The molecular formula is C23H27N2O5+. The number of likely N-dealkylation sites (tertiary alicyclic amines) is 1. The third-order valence-electron chi connectivity index (χ3n) is 5.54. The van der Waals surface area contributed by atoms with E-state index in [1.807, 2.05) is 12.1 Å². The number of rotatable bonds is 6. The highest BCUT2D eigenvalue weighted by atomic mass is 16.6. The predicted octanol–water partition coefficient (Wildman–Crippen LogP) is 1.99. The quantitative estimate of drug-likeness (QED) is 0.711. The Hall–Kier alpha value is -3.06. The first kappa shape index (κ1) is 20.2.